The van der Waals surface area contributed by atoms with Crippen molar-refractivity contribution in [3.8, 4) is 11.5 Å². The molecule has 43 heavy (non-hydrogen) atoms. The van der Waals surface area contributed by atoms with Crippen LogP contribution in [0.1, 0.15) is 49.5 Å². The number of amides is 2. The van der Waals surface area contributed by atoms with Crippen molar-refractivity contribution in [3.63, 3.8) is 0 Å². The second-order valence-electron chi connectivity index (χ2n) is 9.54. The Morgan fingerprint density at radius 1 is 0.977 bits per heavy atom. The lowest BCUT2D eigenvalue weighted by Gasteiger charge is -2.28. The molecule has 0 unspecified atom stereocenters. The van der Waals surface area contributed by atoms with Gasteiger partial charge < -0.3 is 34.3 Å². The van der Waals surface area contributed by atoms with Crippen LogP contribution in [-0.2, 0) is 9.47 Å². The fourth-order valence-electron chi connectivity index (χ4n) is 4.60. The molecule has 226 valence electrons. The van der Waals surface area contributed by atoms with Gasteiger partial charge in [0.25, 0.3) is 5.91 Å². The molecule has 0 aliphatic carbocycles. The van der Waals surface area contributed by atoms with Crippen molar-refractivity contribution in [2.45, 2.75) is 25.0 Å². The normalized spacial score (nSPS) is 16.5. The summed E-state index contributed by atoms with van der Waals surface area (Å²) in [5, 5.41) is 12.3. The zero-order valence-corrected chi connectivity index (χ0v) is 23.4. The lowest BCUT2D eigenvalue weighted by atomic mass is 10.00. The first-order chi connectivity index (χ1) is 20.7. The topological polar surface area (TPSA) is 154 Å². The third-order valence-electron chi connectivity index (χ3n) is 6.80. The predicted octanol–water partition coefficient (Wildman–Crippen LogP) is 3.54. The van der Waals surface area contributed by atoms with Gasteiger partial charge in [0, 0.05) is 43.7 Å². The van der Waals surface area contributed by atoms with Crippen LogP contribution in [-0.4, -0.2) is 85.0 Å². The van der Waals surface area contributed by atoms with Crippen LogP contribution in [0.2, 0.25) is 0 Å². The van der Waals surface area contributed by atoms with Gasteiger partial charge in [-0.15, -0.1) is 0 Å². The van der Waals surface area contributed by atoms with Crippen molar-refractivity contribution in [3.05, 3.63) is 89.0 Å². The number of carbonyl (C=O) groups is 4. The third kappa shape index (κ3) is 7.43. The van der Waals surface area contributed by atoms with Crippen LogP contribution in [0.3, 0.4) is 0 Å². The zero-order chi connectivity index (χ0) is 30.9. The van der Waals surface area contributed by atoms with Crippen LogP contribution in [0.25, 0.3) is 0 Å². The van der Waals surface area contributed by atoms with E-state index in [4.69, 9.17) is 18.9 Å². The van der Waals surface area contributed by atoms with Crippen LogP contribution in [0.5, 0.6) is 11.5 Å². The summed E-state index contributed by atoms with van der Waals surface area (Å²) in [6.07, 6.45) is 1.61. The molecule has 1 saturated heterocycles. The number of ether oxygens (including phenoxy) is 4. The van der Waals surface area contributed by atoms with E-state index in [2.05, 4.69) is 10.3 Å². The second-order valence-corrected chi connectivity index (χ2v) is 9.54. The van der Waals surface area contributed by atoms with Crippen molar-refractivity contribution in [1.82, 2.24) is 15.2 Å². The molecule has 2 amide bonds. The number of halogens is 1. The molecule has 2 aromatic carbocycles. The molecule has 2 atom stereocenters. The molecular formula is C30H30FN3O9. The standard InChI is InChI=1S/C30H30FN3O9/c1-40-17-42-23-9-10-24(41-2)26(31)25(23)27(35)18-5-7-20(8-6-18)29(37)43-22-4-3-15-34(30(38)39)16-21(22)33-28(36)19-11-13-32-14-12-19/h5-14,21-22H,3-4,15-17H2,1-2H3,(H,33,36)(H,38,39)/t21-,22-/m1/s1. The number of ketones is 1. The lowest BCUT2D eigenvalue weighted by Crippen LogP contribution is -2.51. The number of carbonyl (C=O) groups excluding carboxylic acids is 3. The Morgan fingerprint density at radius 3 is 2.30 bits per heavy atom. The molecule has 4 rings (SSSR count). The van der Waals surface area contributed by atoms with Gasteiger partial charge >= 0.3 is 12.1 Å². The van der Waals surface area contributed by atoms with E-state index in [1.54, 1.807) is 0 Å². The molecule has 2 N–H and O–H groups in total. The Labute approximate surface area is 246 Å². The number of hydrogen-bond donors (Lipinski definition) is 2. The van der Waals surface area contributed by atoms with Crippen LogP contribution >= 0.6 is 0 Å². The molecule has 1 fully saturated rings. The highest BCUT2D eigenvalue weighted by Crippen LogP contribution is 2.31. The Morgan fingerprint density at radius 2 is 1.65 bits per heavy atom. The van der Waals surface area contributed by atoms with E-state index < -0.39 is 41.7 Å². The molecule has 0 bridgehead atoms. The quantitative estimate of drug-likeness (QED) is 0.202. The smallest absolute Gasteiger partial charge is 0.407 e. The molecule has 3 aromatic rings. The van der Waals surface area contributed by atoms with E-state index in [0.717, 1.165) is 4.90 Å². The largest absolute Gasteiger partial charge is 0.494 e. The van der Waals surface area contributed by atoms with Crippen LogP contribution in [0.4, 0.5) is 9.18 Å². The number of nitrogens with zero attached hydrogens (tertiary/aromatic N) is 2. The highest BCUT2D eigenvalue weighted by molar-refractivity contribution is 6.11. The van der Waals surface area contributed by atoms with Gasteiger partial charge in [-0.3, -0.25) is 14.6 Å². The zero-order valence-electron chi connectivity index (χ0n) is 23.4. The molecule has 1 aliphatic rings. The Kier molecular flexibility index (Phi) is 10.2. The van der Waals surface area contributed by atoms with Gasteiger partial charge in [0.05, 0.1) is 18.7 Å². The van der Waals surface area contributed by atoms with E-state index in [1.807, 2.05) is 0 Å². The molecule has 13 heteroatoms. The van der Waals surface area contributed by atoms with E-state index in [9.17, 15) is 24.3 Å². The molecular weight excluding hydrogens is 565 g/mol. The fraction of sp³-hybridized carbons (Fsp3) is 0.300. The van der Waals surface area contributed by atoms with Gasteiger partial charge in [0.15, 0.2) is 24.1 Å². The average molecular weight is 596 g/mol. The summed E-state index contributed by atoms with van der Waals surface area (Å²) >= 11 is 0. The number of pyridine rings is 1. The SMILES string of the molecule is COCOc1ccc(OC)c(F)c1C(=O)c1ccc(C(=O)O[C@@H]2CCCN(C(=O)O)C[C@H]2NC(=O)c2ccncc2)cc1. The molecule has 0 saturated carbocycles. The van der Waals surface area contributed by atoms with Crippen LogP contribution < -0.4 is 14.8 Å². The van der Waals surface area contributed by atoms with Crippen molar-refractivity contribution in [2.24, 2.45) is 0 Å². The summed E-state index contributed by atoms with van der Waals surface area (Å²) in [5.41, 5.74) is 0.118. The maximum atomic E-state index is 15.1. The second kappa shape index (κ2) is 14.2. The highest BCUT2D eigenvalue weighted by atomic mass is 19.1. The number of aromatic nitrogens is 1. The lowest BCUT2D eigenvalue weighted by molar-refractivity contribution is 0.0179. The number of rotatable bonds is 10. The number of benzene rings is 2. The first kappa shape index (κ1) is 30.9. The molecule has 1 aliphatic heterocycles. The van der Waals surface area contributed by atoms with Gasteiger partial charge in [-0.1, -0.05) is 12.1 Å². The van der Waals surface area contributed by atoms with Crippen LogP contribution in [0, 0.1) is 5.82 Å². The van der Waals surface area contributed by atoms with E-state index in [0.29, 0.717) is 18.4 Å². The average Bonchev–Trinajstić information content (AvgIpc) is 3.22. The van der Waals surface area contributed by atoms with Gasteiger partial charge in [0.1, 0.15) is 17.4 Å². The van der Waals surface area contributed by atoms with Gasteiger partial charge in [-0.05, 0) is 49.2 Å². The number of hydrogen-bond acceptors (Lipinski definition) is 9. The fourth-order valence-corrected chi connectivity index (χ4v) is 4.60. The molecule has 12 nitrogen and oxygen atoms in total. The van der Waals surface area contributed by atoms with Gasteiger partial charge in [0.2, 0.25) is 0 Å². The number of methoxy groups -OCH3 is 2. The predicted molar refractivity (Wildman–Crippen MR) is 149 cm³/mol. The van der Waals surface area contributed by atoms with Crippen LogP contribution in [0.15, 0.2) is 60.9 Å². The van der Waals surface area contributed by atoms with E-state index >= 15 is 4.39 Å². The Bertz CT molecular complexity index is 1470. The summed E-state index contributed by atoms with van der Waals surface area (Å²) in [5.74, 6) is -3.03. The third-order valence-corrected chi connectivity index (χ3v) is 6.80. The minimum atomic E-state index is -1.15. The maximum absolute atomic E-state index is 15.1. The van der Waals surface area contributed by atoms with Crippen molar-refractivity contribution in [1.29, 1.82) is 0 Å². The van der Waals surface area contributed by atoms with Crippen molar-refractivity contribution in [2.75, 3.05) is 34.1 Å². The Hall–Kier alpha value is -5.04. The summed E-state index contributed by atoms with van der Waals surface area (Å²) in [7, 11) is 2.65. The van der Waals surface area contributed by atoms with Gasteiger partial charge in [-0.2, -0.15) is 0 Å². The Balaban J connectivity index is 1.52. The number of esters is 1. The van der Waals surface area contributed by atoms with Crippen molar-refractivity contribution < 1.29 is 47.6 Å². The molecule has 1 aromatic heterocycles. The molecule has 2 heterocycles. The number of nitrogens with one attached hydrogen (secondary N) is 1. The monoisotopic (exact) mass is 595 g/mol. The minimum absolute atomic E-state index is 0.0442. The summed E-state index contributed by atoms with van der Waals surface area (Å²) < 4.78 is 36.1. The van der Waals surface area contributed by atoms with Crippen molar-refractivity contribution >= 4 is 23.8 Å². The van der Waals surface area contributed by atoms with Gasteiger partial charge in [-0.25, -0.2) is 14.0 Å². The first-order valence-electron chi connectivity index (χ1n) is 13.3. The minimum Gasteiger partial charge on any atom is -0.494 e. The van der Waals surface area contributed by atoms with E-state index in [1.165, 1.54) is 75.1 Å². The highest BCUT2D eigenvalue weighted by Gasteiger charge is 2.33. The molecule has 0 radical (unpaired) electrons. The maximum Gasteiger partial charge on any atom is 0.407 e. The summed E-state index contributed by atoms with van der Waals surface area (Å²) in [4.78, 5) is 56.0. The molecule has 0 spiro atoms. The van der Waals surface area contributed by atoms with E-state index in [-0.39, 0.29) is 48.1 Å². The number of likely N-dealkylation sites (tertiary alicyclic amines) is 1. The summed E-state index contributed by atoms with van der Waals surface area (Å²) in [6, 6.07) is 10.3. The summed E-state index contributed by atoms with van der Waals surface area (Å²) in [6.45, 7) is -0.0952. The first-order valence-corrected chi connectivity index (χ1v) is 13.3. The number of carboxylic acid groups (broad SMARTS) is 1.